The Morgan fingerprint density at radius 2 is 2.06 bits per heavy atom. The monoisotopic (exact) mass is 452 g/mol. The fourth-order valence-electron chi connectivity index (χ4n) is 3.18. The Balaban J connectivity index is 2.10. The molecule has 1 fully saturated rings. The molecule has 1 aliphatic heterocycles. The van der Waals surface area contributed by atoms with Crippen molar-refractivity contribution >= 4 is 25.9 Å². The highest BCUT2D eigenvalue weighted by atomic mass is 28.3. The SMILES string of the molecule is CC(C)(C)OC(=O)NC(C[C@@H]1CCNC1=O)C(=O)c1cncn1COCC[Si](C)(C)C. The minimum Gasteiger partial charge on any atom is -0.444 e. The van der Waals surface area contributed by atoms with Crippen LogP contribution in [0.2, 0.25) is 25.7 Å². The Bertz CT molecular complexity index is 781. The molecule has 2 amide bonds. The van der Waals surface area contributed by atoms with Gasteiger partial charge in [-0.15, -0.1) is 0 Å². The van der Waals surface area contributed by atoms with Gasteiger partial charge in [0.05, 0.1) is 18.6 Å². The lowest BCUT2D eigenvalue weighted by Crippen LogP contribution is -2.45. The third-order valence-electron chi connectivity index (χ3n) is 4.88. The van der Waals surface area contributed by atoms with Crippen molar-refractivity contribution in [1.82, 2.24) is 20.2 Å². The van der Waals surface area contributed by atoms with E-state index in [1.165, 1.54) is 12.5 Å². The Morgan fingerprint density at radius 3 is 2.65 bits per heavy atom. The topological polar surface area (TPSA) is 112 Å². The van der Waals surface area contributed by atoms with Gasteiger partial charge < -0.3 is 24.7 Å². The minimum atomic E-state index is -1.21. The van der Waals surface area contributed by atoms with Gasteiger partial charge in [0.1, 0.15) is 18.0 Å². The summed E-state index contributed by atoms with van der Waals surface area (Å²) in [6.07, 6.45) is 3.13. The molecule has 1 aromatic rings. The molecule has 1 saturated heterocycles. The number of nitrogens with one attached hydrogen (secondary N) is 2. The van der Waals surface area contributed by atoms with E-state index in [1.54, 1.807) is 25.3 Å². The number of rotatable bonds is 10. The van der Waals surface area contributed by atoms with Crippen LogP contribution in [0.15, 0.2) is 12.5 Å². The van der Waals surface area contributed by atoms with Crippen LogP contribution in [-0.2, 0) is 21.0 Å². The van der Waals surface area contributed by atoms with Crippen molar-refractivity contribution in [1.29, 1.82) is 0 Å². The van der Waals surface area contributed by atoms with Crippen molar-refractivity contribution in [3.8, 4) is 0 Å². The van der Waals surface area contributed by atoms with Crippen LogP contribution in [0.1, 0.15) is 44.1 Å². The van der Waals surface area contributed by atoms with Crippen molar-refractivity contribution in [2.75, 3.05) is 13.2 Å². The average Bonchev–Trinajstić information content (AvgIpc) is 3.24. The molecule has 174 valence electrons. The van der Waals surface area contributed by atoms with Gasteiger partial charge in [-0.3, -0.25) is 9.59 Å². The number of Topliss-reactive ketones (excluding diaryl/α,β-unsaturated/α-hetero) is 1. The Hall–Kier alpha value is -2.20. The zero-order valence-electron chi connectivity index (χ0n) is 19.5. The fraction of sp³-hybridized carbons (Fsp3) is 0.714. The highest BCUT2D eigenvalue weighted by molar-refractivity contribution is 6.76. The second-order valence-electron chi connectivity index (χ2n) is 10.2. The summed E-state index contributed by atoms with van der Waals surface area (Å²) in [5.41, 5.74) is -0.374. The van der Waals surface area contributed by atoms with Crippen LogP contribution in [0, 0.1) is 5.92 Å². The summed E-state index contributed by atoms with van der Waals surface area (Å²) in [6, 6.07) is 0.117. The van der Waals surface area contributed by atoms with E-state index in [9.17, 15) is 14.4 Å². The van der Waals surface area contributed by atoms with Crippen molar-refractivity contribution in [3.05, 3.63) is 18.2 Å². The van der Waals surface area contributed by atoms with E-state index in [-0.39, 0.29) is 30.8 Å². The molecule has 0 radical (unpaired) electrons. The predicted octanol–water partition coefficient (Wildman–Crippen LogP) is 2.80. The first-order chi connectivity index (χ1) is 14.4. The quantitative estimate of drug-likeness (QED) is 0.321. The molecule has 31 heavy (non-hydrogen) atoms. The van der Waals surface area contributed by atoms with E-state index in [0.717, 1.165) is 6.04 Å². The largest absolute Gasteiger partial charge is 0.444 e. The fourth-order valence-corrected chi connectivity index (χ4v) is 3.94. The number of hydrogen-bond donors (Lipinski definition) is 2. The zero-order valence-corrected chi connectivity index (χ0v) is 20.5. The number of ether oxygens (including phenoxy) is 2. The molecular weight excluding hydrogens is 416 g/mol. The molecule has 2 heterocycles. The Morgan fingerprint density at radius 1 is 1.35 bits per heavy atom. The van der Waals surface area contributed by atoms with E-state index >= 15 is 0 Å². The number of hydrogen-bond acceptors (Lipinski definition) is 6. The van der Waals surface area contributed by atoms with Gasteiger partial charge >= 0.3 is 6.09 Å². The summed E-state index contributed by atoms with van der Waals surface area (Å²) in [5, 5.41) is 5.43. The number of nitrogens with zero attached hydrogens (tertiary/aromatic N) is 2. The second-order valence-corrected chi connectivity index (χ2v) is 15.8. The number of carbonyl (C=O) groups excluding carboxylic acids is 3. The zero-order chi connectivity index (χ0) is 23.2. The van der Waals surface area contributed by atoms with Gasteiger partial charge in [0.25, 0.3) is 0 Å². The van der Waals surface area contributed by atoms with Crippen LogP contribution in [0.3, 0.4) is 0 Å². The maximum Gasteiger partial charge on any atom is 0.408 e. The van der Waals surface area contributed by atoms with Crippen molar-refractivity contribution < 1.29 is 23.9 Å². The molecule has 0 aromatic carbocycles. The summed E-state index contributed by atoms with van der Waals surface area (Å²) >= 11 is 0. The molecule has 2 rings (SSSR count). The van der Waals surface area contributed by atoms with Crippen LogP contribution in [-0.4, -0.2) is 60.2 Å². The first-order valence-corrected chi connectivity index (χ1v) is 14.5. The molecule has 2 N–H and O–H groups in total. The molecule has 1 unspecified atom stereocenters. The third-order valence-corrected chi connectivity index (χ3v) is 6.59. The second kappa shape index (κ2) is 10.4. The lowest BCUT2D eigenvalue weighted by molar-refractivity contribution is -0.122. The minimum absolute atomic E-state index is 0.105. The van der Waals surface area contributed by atoms with E-state index in [4.69, 9.17) is 9.47 Å². The summed E-state index contributed by atoms with van der Waals surface area (Å²) in [6.45, 7) is 13.5. The van der Waals surface area contributed by atoms with Crippen LogP contribution in [0.25, 0.3) is 0 Å². The van der Waals surface area contributed by atoms with Gasteiger partial charge in [-0.2, -0.15) is 0 Å². The first-order valence-electron chi connectivity index (χ1n) is 10.7. The van der Waals surface area contributed by atoms with Crippen molar-refractivity contribution in [3.63, 3.8) is 0 Å². The van der Waals surface area contributed by atoms with Crippen LogP contribution >= 0.6 is 0 Å². The number of carbonyl (C=O) groups is 3. The number of aromatic nitrogens is 2. The molecule has 0 saturated carbocycles. The summed E-state index contributed by atoms with van der Waals surface area (Å²) < 4.78 is 12.7. The standard InChI is InChI=1S/C21H36N4O5Si/c1-21(2,3)30-20(28)24-16(11-15-7-8-23-19(15)27)18(26)17-12-22-13-25(17)14-29-9-10-31(4,5)6/h12-13,15-16H,7-11,14H2,1-6H3,(H,23,27)(H,24,28)/t15-,16?/m0/s1. The molecule has 2 atom stereocenters. The predicted molar refractivity (Wildman–Crippen MR) is 120 cm³/mol. The molecular formula is C21H36N4O5Si. The smallest absolute Gasteiger partial charge is 0.408 e. The first kappa shape index (κ1) is 25.1. The van der Waals surface area contributed by atoms with Gasteiger partial charge in [0.2, 0.25) is 11.7 Å². The van der Waals surface area contributed by atoms with Gasteiger partial charge in [-0.25, -0.2) is 9.78 Å². The number of alkyl carbamates (subject to hydrolysis) is 1. The molecule has 0 aliphatic carbocycles. The van der Waals surface area contributed by atoms with Crippen LogP contribution in [0.4, 0.5) is 4.79 Å². The van der Waals surface area contributed by atoms with Gasteiger partial charge in [-0.05, 0) is 39.7 Å². The third kappa shape index (κ3) is 8.45. The summed E-state index contributed by atoms with van der Waals surface area (Å²) in [5.74, 6) is -0.767. The summed E-state index contributed by atoms with van der Waals surface area (Å²) in [4.78, 5) is 41.8. The molecule has 1 aromatic heterocycles. The average molecular weight is 453 g/mol. The molecule has 9 nitrogen and oxygen atoms in total. The van der Waals surface area contributed by atoms with Gasteiger partial charge in [0.15, 0.2) is 0 Å². The maximum absolute atomic E-state index is 13.3. The maximum atomic E-state index is 13.3. The molecule has 0 spiro atoms. The van der Waals surface area contributed by atoms with Crippen LogP contribution < -0.4 is 10.6 Å². The normalized spacial score (nSPS) is 17.9. The number of imidazole rings is 1. The highest BCUT2D eigenvalue weighted by Crippen LogP contribution is 2.19. The van der Waals surface area contributed by atoms with Crippen molar-refractivity contribution in [2.45, 2.75) is 77.7 Å². The van der Waals surface area contributed by atoms with E-state index < -0.39 is 25.8 Å². The Kier molecular flexibility index (Phi) is 8.41. The van der Waals surface area contributed by atoms with E-state index in [2.05, 4.69) is 35.3 Å². The van der Waals surface area contributed by atoms with Crippen LogP contribution in [0.5, 0.6) is 0 Å². The van der Waals surface area contributed by atoms with Crippen molar-refractivity contribution in [2.24, 2.45) is 5.92 Å². The van der Waals surface area contributed by atoms with E-state index in [1.807, 2.05) is 0 Å². The van der Waals surface area contributed by atoms with Gasteiger partial charge in [-0.1, -0.05) is 19.6 Å². The number of amides is 2. The lowest BCUT2D eigenvalue weighted by atomic mass is 9.95. The van der Waals surface area contributed by atoms with E-state index in [0.29, 0.717) is 25.3 Å². The Labute approximate surface area is 185 Å². The lowest BCUT2D eigenvalue weighted by Gasteiger charge is -2.24. The highest BCUT2D eigenvalue weighted by Gasteiger charge is 2.34. The number of ketones is 1. The molecule has 10 heteroatoms. The summed E-state index contributed by atoms with van der Waals surface area (Å²) in [7, 11) is -1.21. The van der Waals surface area contributed by atoms with Gasteiger partial charge in [0, 0.05) is 27.1 Å². The molecule has 1 aliphatic rings. The molecule has 0 bridgehead atoms.